The van der Waals surface area contributed by atoms with E-state index in [9.17, 15) is 9.59 Å². The predicted molar refractivity (Wildman–Crippen MR) is 132 cm³/mol. The molecule has 0 aliphatic heterocycles. The van der Waals surface area contributed by atoms with Crippen molar-refractivity contribution in [1.82, 2.24) is 9.66 Å². The first-order valence-electron chi connectivity index (χ1n) is 10.7. The van der Waals surface area contributed by atoms with Crippen molar-refractivity contribution in [2.24, 2.45) is 10.8 Å². The summed E-state index contributed by atoms with van der Waals surface area (Å²) in [7, 11) is 1.48. The molecule has 0 saturated carbocycles. The molecule has 0 aliphatic rings. The fraction of sp³-hybridized carbons (Fsp3) is 0.0769. The van der Waals surface area contributed by atoms with Crippen molar-refractivity contribution in [3.8, 4) is 23.1 Å². The predicted octanol–water partition coefficient (Wildman–Crippen LogP) is 3.56. The SMILES string of the molecule is COc1cccc(C=Nn2c(-c3cc4ccccc4o3)nc3ccccc3c2=O)c1OCC(N)=O. The number of para-hydroxylation sites is 3. The molecule has 0 saturated heterocycles. The van der Waals surface area contributed by atoms with E-state index in [0.717, 1.165) is 5.39 Å². The van der Waals surface area contributed by atoms with Crippen LogP contribution in [0.15, 0.2) is 87.1 Å². The van der Waals surface area contributed by atoms with Gasteiger partial charge in [-0.1, -0.05) is 36.4 Å². The number of hydrogen-bond acceptors (Lipinski definition) is 7. The van der Waals surface area contributed by atoms with Gasteiger partial charge in [0.2, 0.25) is 5.82 Å². The van der Waals surface area contributed by atoms with Crippen LogP contribution >= 0.6 is 0 Å². The lowest BCUT2D eigenvalue weighted by molar-refractivity contribution is -0.119. The Morgan fingerprint density at radius 3 is 2.71 bits per heavy atom. The minimum atomic E-state index is -0.638. The van der Waals surface area contributed by atoms with Gasteiger partial charge in [-0.2, -0.15) is 9.78 Å². The molecule has 0 fully saturated rings. The number of ether oxygens (including phenoxy) is 2. The minimum absolute atomic E-state index is 0.239. The van der Waals surface area contributed by atoms with Crippen LogP contribution in [0.1, 0.15) is 5.56 Å². The van der Waals surface area contributed by atoms with E-state index >= 15 is 0 Å². The van der Waals surface area contributed by atoms with Crippen LogP contribution in [0, 0.1) is 0 Å². The van der Waals surface area contributed by atoms with Crippen LogP contribution in [-0.4, -0.2) is 35.5 Å². The quantitative estimate of drug-likeness (QED) is 0.365. The third kappa shape index (κ3) is 4.22. The second kappa shape index (κ2) is 9.14. The van der Waals surface area contributed by atoms with Gasteiger partial charge in [0.05, 0.1) is 24.2 Å². The highest BCUT2D eigenvalue weighted by Crippen LogP contribution is 2.31. The van der Waals surface area contributed by atoms with E-state index in [1.807, 2.05) is 36.4 Å². The Kier molecular flexibility index (Phi) is 5.72. The summed E-state index contributed by atoms with van der Waals surface area (Å²) < 4.78 is 18.1. The molecule has 1 amide bonds. The summed E-state index contributed by atoms with van der Waals surface area (Å²) in [6.07, 6.45) is 1.43. The number of fused-ring (bicyclic) bond motifs is 2. The maximum Gasteiger partial charge on any atom is 0.282 e. The highest BCUT2D eigenvalue weighted by molar-refractivity contribution is 5.87. The number of primary amides is 1. The average molecular weight is 468 g/mol. The summed E-state index contributed by atoms with van der Waals surface area (Å²) in [6.45, 7) is -0.344. The van der Waals surface area contributed by atoms with Gasteiger partial charge < -0.3 is 19.6 Å². The van der Waals surface area contributed by atoms with E-state index in [1.54, 1.807) is 36.4 Å². The number of nitrogens with two attached hydrogens (primary N) is 1. The molecule has 9 nitrogen and oxygen atoms in total. The van der Waals surface area contributed by atoms with E-state index in [1.165, 1.54) is 18.0 Å². The number of carbonyl (C=O) groups is 1. The number of amides is 1. The van der Waals surface area contributed by atoms with Gasteiger partial charge in [0.25, 0.3) is 11.5 Å². The highest BCUT2D eigenvalue weighted by Gasteiger charge is 2.17. The van der Waals surface area contributed by atoms with Crippen molar-refractivity contribution in [1.29, 1.82) is 0 Å². The van der Waals surface area contributed by atoms with E-state index in [0.29, 0.717) is 33.6 Å². The van der Waals surface area contributed by atoms with Gasteiger partial charge in [0.15, 0.2) is 23.9 Å². The lowest BCUT2D eigenvalue weighted by Gasteiger charge is -2.12. The van der Waals surface area contributed by atoms with Crippen molar-refractivity contribution < 1.29 is 18.7 Å². The Bertz CT molecular complexity index is 1620. The maximum atomic E-state index is 13.4. The summed E-state index contributed by atoms with van der Waals surface area (Å²) in [6, 6.07) is 21.5. The summed E-state index contributed by atoms with van der Waals surface area (Å²) in [5.41, 5.74) is 6.52. The number of methoxy groups -OCH3 is 1. The van der Waals surface area contributed by atoms with Crippen LogP contribution in [0.5, 0.6) is 11.5 Å². The van der Waals surface area contributed by atoms with E-state index in [-0.39, 0.29) is 23.7 Å². The number of benzene rings is 3. The van der Waals surface area contributed by atoms with Gasteiger partial charge in [-0.05, 0) is 36.4 Å². The molecule has 5 rings (SSSR count). The fourth-order valence-corrected chi connectivity index (χ4v) is 3.70. The Morgan fingerprint density at radius 1 is 1.11 bits per heavy atom. The summed E-state index contributed by atoms with van der Waals surface area (Å²) in [5.74, 6) is 0.646. The lowest BCUT2D eigenvalue weighted by Crippen LogP contribution is -2.21. The largest absolute Gasteiger partial charge is 0.493 e. The zero-order chi connectivity index (χ0) is 24.4. The number of carbonyl (C=O) groups excluding carboxylic acids is 1. The molecular formula is C26H20N4O5. The van der Waals surface area contributed by atoms with Crippen molar-refractivity contribution in [2.45, 2.75) is 0 Å². The van der Waals surface area contributed by atoms with Gasteiger partial charge in [-0.3, -0.25) is 9.59 Å². The van der Waals surface area contributed by atoms with Gasteiger partial charge in [0, 0.05) is 10.9 Å². The third-order valence-electron chi connectivity index (χ3n) is 5.30. The molecule has 3 aromatic carbocycles. The summed E-state index contributed by atoms with van der Waals surface area (Å²) in [5, 5.41) is 5.71. The number of rotatable bonds is 7. The number of aromatic nitrogens is 2. The highest BCUT2D eigenvalue weighted by atomic mass is 16.5. The van der Waals surface area contributed by atoms with Crippen molar-refractivity contribution in [2.75, 3.05) is 13.7 Å². The zero-order valence-electron chi connectivity index (χ0n) is 18.7. The standard InChI is InChI=1S/C26H20N4O5/c1-33-21-12-6-8-17(24(21)34-15-23(27)31)14-28-30-25(22-13-16-7-2-5-11-20(16)35-22)29-19-10-4-3-9-18(19)26(30)32/h2-14H,15H2,1H3,(H2,27,31). The molecule has 0 aliphatic carbocycles. The van der Waals surface area contributed by atoms with Gasteiger partial charge in [0.1, 0.15) is 5.58 Å². The monoisotopic (exact) mass is 468 g/mol. The molecule has 2 N–H and O–H groups in total. The van der Waals surface area contributed by atoms with Crippen LogP contribution < -0.4 is 20.8 Å². The van der Waals surface area contributed by atoms with Crippen LogP contribution in [0.25, 0.3) is 33.5 Å². The molecule has 35 heavy (non-hydrogen) atoms. The minimum Gasteiger partial charge on any atom is -0.493 e. The van der Waals surface area contributed by atoms with Gasteiger partial charge in [-0.25, -0.2) is 4.98 Å². The molecule has 0 radical (unpaired) electrons. The number of nitrogens with zero attached hydrogens (tertiary/aromatic N) is 3. The van der Waals surface area contributed by atoms with Gasteiger partial charge in [-0.15, -0.1) is 0 Å². The molecule has 0 atom stereocenters. The topological polar surface area (TPSA) is 122 Å². The normalized spacial score (nSPS) is 11.3. The third-order valence-corrected chi connectivity index (χ3v) is 5.30. The van der Waals surface area contributed by atoms with E-state index in [4.69, 9.17) is 19.6 Å². The second-order valence-corrected chi connectivity index (χ2v) is 7.60. The number of furan rings is 1. The first-order chi connectivity index (χ1) is 17.0. The van der Waals surface area contributed by atoms with Crippen molar-refractivity contribution in [3.63, 3.8) is 0 Å². The molecule has 2 heterocycles. The lowest BCUT2D eigenvalue weighted by atomic mass is 10.2. The Labute approximate surface area is 199 Å². The van der Waals surface area contributed by atoms with Crippen LogP contribution in [0.3, 0.4) is 0 Å². The van der Waals surface area contributed by atoms with E-state index < -0.39 is 5.91 Å². The molecular weight excluding hydrogens is 448 g/mol. The van der Waals surface area contributed by atoms with Crippen LogP contribution in [-0.2, 0) is 4.79 Å². The van der Waals surface area contributed by atoms with Crippen molar-refractivity contribution >= 4 is 34.0 Å². The van der Waals surface area contributed by atoms with E-state index in [2.05, 4.69) is 10.1 Å². The molecule has 5 aromatic rings. The molecule has 0 spiro atoms. The zero-order valence-corrected chi connectivity index (χ0v) is 18.7. The average Bonchev–Trinajstić information content (AvgIpc) is 3.31. The second-order valence-electron chi connectivity index (χ2n) is 7.60. The number of hydrogen-bond donors (Lipinski definition) is 1. The molecule has 0 bridgehead atoms. The molecule has 0 unspecified atom stereocenters. The summed E-state index contributed by atoms with van der Waals surface area (Å²) in [4.78, 5) is 29.4. The summed E-state index contributed by atoms with van der Waals surface area (Å²) >= 11 is 0. The first-order valence-corrected chi connectivity index (χ1v) is 10.7. The van der Waals surface area contributed by atoms with Crippen molar-refractivity contribution in [3.05, 3.63) is 88.7 Å². The molecule has 174 valence electrons. The first kappa shape index (κ1) is 21.9. The van der Waals surface area contributed by atoms with Crippen LogP contribution in [0.2, 0.25) is 0 Å². The Balaban J connectivity index is 1.68. The molecule has 2 aromatic heterocycles. The molecule has 9 heteroatoms. The fourth-order valence-electron chi connectivity index (χ4n) is 3.70. The van der Waals surface area contributed by atoms with Crippen LogP contribution in [0.4, 0.5) is 0 Å². The van der Waals surface area contributed by atoms with Gasteiger partial charge >= 0.3 is 0 Å². The Hall–Kier alpha value is -4.92. The maximum absolute atomic E-state index is 13.4. The Morgan fingerprint density at radius 2 is 1.91 bits per heavy atom. The smallest absolute Gasteiger partial charge is 0.282 e.